The number of nitro groups is 1. The van der Waals surface area contributed by atoms with Crippen molar-refractivity contribution in [2.75, 3.05) is 20.2 Å². The van der Waals surface area contributed by atoms with Gasteiger partial charge in [0.1, 0.15) is 12.4 Å². The van der Waals surface area contributed by atoms with E-state index in [1.165, 1.54) is 0 Å². The number of fused-ring (bicyclic) bond motifs is 1. The smallest absolute Gasteiger partial charge is 0.269 e. The first kappa shape index (κ1) is 22.7. The number of benzene rings is 1. The Morgan fingerprint density at radius 1 is 1.35 bits per heavy atom. The zero-order valence-corrected chi connectivity index (χ0v) is 18.2. The zero-order valence-electron chi connectivity index (χ0n) is 18.2. The van der Waals surface area contributed by atoms with Gasteiger partial charge in [0, 0.05) is 44.8 Å². The lowest BCUT2D eigenvalue weighted by atomic mass is 10.1. The van der Waals surface area contributed by atoms with E-state index >= 15 is 0 Å². The fourth-order valence-electron chi connectivity index (χ4n) is 3.60. The highest BCUT2D eigenvalue weighted by molar-refractivity contribution is 5.80. The van der Waals surface area contributed by atoms with Crippen molar-refractivity contribution in [3.63, 3.8) is 0 Å². The summed E-state index contributed by atoms with van der Waals surface area (Å²) in [6.45, 7) is 4.77. The Bertz CT molecular complexity index is 880. The van der Waals surface area contributed by atoms with Gasteiger partial charge in [0.05, 0.1) is 11.5 Å². The molecule has 31 heavy (non-hydrogen) atoms. The van der Waals surface area contributed by atoms with Gasteiger partial charge in [-0.05, 0) is 38.2 Å². The van der Waals surface area contributed by atoms with Crippen LogP contribution in [0.3, 0.4) is 0 Å². The summed E-state index contributed by atoms with van der Waals surface area (Å²) in [5.41, 5.74) is 1.24. The minimum absolute atomic E-state index is 0.130. The van der Waals surface area contributed by atoms with E-state index in [1.807, 2.05) is 16.8 Å². The number of aryl methyl sites for hydroxylation is 2. The number of unbranched alkanes of at least 4 members (excludes halogenated alkanes) is 1. The van der Waals surface area contributed by atoms with Crippen LogP contribution in [0.1, 0.15) is 43.4 Å². The van der Waals surface area contributed by atoms with Gasteiger partial charge in [0.15, 0.2) is 11.8 Å². The number of rotatable bonds is 10. The number of aromatic nitrogens is 3. The van der Waals surface area contributed by atoms with Crippen molar-refractivity contribution < 1.29 is 9.66 Å². The van der Waals surface area contributed by atoms with Crippen molar-refractivity contribution in [3.05, 3.63) is 51.6 Å². The molecule has 0 spiro atoms. The Morgan fingerprint density at radius 2 is 2.16 bits per heavy atom. The van der Waals surface area contributed by atoms with E-state index in [4.69, 9.17) is 9.73 Å². The van der Waals surface area contributed by atoms with E-state index < -0.39 is 0 Å². The van der Waals surface area contributed by atoms with E-state index in [-0.39, 0.29) is 16.7 Å². The minimum Gasteiger partial charge on any atom is -0.377 e. The van der Waals surface area contributed by atoms with Gasteiger partial charge in [-0.25, -0.2) is 9.67 Å². The molecular formula is C21H31N7O3. The quantitative estimate of drug-likeness (QED) is 0.195. The summed E-state index contributed by atoms with van der Waals surface area (Å²) < 4.78 is 7.09. The lowest BCUT2D eigenvalue weighted by molar-refractivity contribution is -0.384. The van der Waals surface area contributed by atoms with Crippen LogP contribution in [0.15, 0.2) is 29.3 Å². The highest BCUT2D eigenvalue weighted by Crippen LogP contribution is 2.15. The van der Waals surface area contributed by atoms with E-state index in [2.05, 4.69) is 27.6 Å². The number of guanidine groups is 1. The molecule has 2 N–H and O–H groups in total. The second kappa shape index (κ2) is 11.4. The summed E-state index contributed by atoms with van der Waals surface area (Å²) in [6, 6.07) is 7.02. The van der Waals surface area contributed by atoms with Crippen LogP contribution in [0, 0.1) is 10.1 Å². The fraction of sp³-hybridized carbons (Fsp3) is 0.571. The van der Waals surface area contributed by atoms with E-state index in [0.717, 1.165) is 74.9 Å². The van der Waals surface area contributed by atoms with Crippen LogP contribution in [0.25, 0.3) is 0 Å². The molecule has 2 heterocycles. The Kier molecular flexibility index (Phi) is 8.34. The van der Waals surface area contributed by atoms with Gasteiger partial charge in [-0.1, -0.05) is 12.1 Å². The molecule has 0 bridgehead atoms. The van der Waals surface area contributed by atoms with E-state index in [1.54, 1.807) is 19.2 Å². The van der Waals surface area contributed by atoms with Crippen LogP contribution in [0.4, 0.5) is 5.69 Å². The number of hydrogen-bond donors (Lipinski definition) is 2. The highest BCUT2D eigenvalue weighted by atomic mass is 16.6. The van der Waals surface area contributed by atoms with Crippen molar-refractivity contribution in [3.8, 4) is 0 Å². The summed E-state index contributed by atoms with van der Waals surface area (Å²) in [5, 5.41) is 22.1. The third-order valence-electron chi connectivity index (χ3n) is 5.15. The summed E-state index contributed by atoms with van der Waals surface area (Å²) in [5.74, 6) is 2.56. The van der Waals surface area contributed by atoms with Gasteiger partial charge in [-0.3, -0.25) is 15.1 Å². The number of ether oxygens (including phenoxy) is 1. The van der Waals surface area contributed by atoms with Gasteiger partial charge >= 0.3 is 0 Å². The lowest BCUT2D eigenvalue weighted by Gasteiger charge is -2.25. The number of hydrogen-bond acceptors (Lipinski definition) is 6. The second-order valence-electron chi connectivity index (χ2n) is 7.58. The molecule has 0 aliphatic carbocycles. The third-order valence-corrected chi connectivity index (χ3v) is 5.15. The monoisotopic (exact) mass is 429 g/mol. The largest absolute Gasteiger partial charge is 0.377 e. The molecule has 0 fully saturated rings. The first-order chi connectivity index (χ1) is 15.1. The maximum Gasteiger partial charge on any atom is 0.269 e. The number of nitrogens with zero attached hydrogens (tertiary/aromatic N) is 5. The number of aliphatic imine (C=N–C) groups is 1. The standard InChI is InChI=1S/C21H31N7O3/c1-3-22-21(23-13-5-4-6-16-7-10-18(11-8-16)28(29)30)24-17-9-12-20-25-19(15-31-2)26-27(20)14-17/h7-8,10-11,17H,3-6,9,12-15H2,1-2H3,(H2,22,23,24). The fourth-order valence-corrected chi connectivity index (χ4v) is 3.60. The van der Waals surface area contributed by atoms with Crippen molar-refractivity contribution in [1.29, 1.82) is 0 Å². The van der Waals surface area contributed by atoms with Crippen LogP contribution in [0.5, 0.6) is 0 Å². The highest BCUT2D eigenvalue weighted by Gasteiger charge is 2.22. The molecule has 0 radical (unpaired) electrons. The molecule has 3 rings (SSSR count). The van der Waals surface area contributed by atoms with Gasteiger partial charge < -0.3 is 15.4 Å². The molecule has 1 aliphatic heterocycles. The van der Waals surface area contributed by atoms with Gasteiger partial charge in [0.2, 0.25) is 0 Å². The Balaban J connectivity index is 1.44. The molecule has 0 amide bonds. The maximum atomic E-state index is 10.7. The first-order valence-electron chi connectivity index (χ1n) is 10.8. The van der Waals surface area contributed by atoms with Crippen LogP contribution in [-0.2, 0) is 30.7 Å². The van der Waals surface area contributed by atoms with E-state index in [0.29, 0.717) is 6.61 Å². The Labute approximate surface area is 182 Å². The topological polar surface area (TPSA) is 120 Å². The molecule has 10 heteroatoms. The Morgan fingerprint density at radius 3 is 2.87 bits per heavy atom. The SMILES string of the molecule is CCNC(=NCCCCc1ccc([N+](=O)[O-])cc1)NC1CCc2nc(COC)nn2C1. The summed E-state index contributed by atoms with van der Waals surface area (Å²) in [6.07, 6.45) is 4.68. The molecule has 1 aromatic heterocycles. The molecule has 168 valence electrons. The van der Waals surface area contributed by atoms with Crippen molar-refractivity contribution >= 4 is 11.6 Å². The maximum absolute atomic E-state index is 10.7. The number of nitrogens with one attached hydrogen (secondary N) is 2. The molecular weight excluding hydrogens is 398 g/mol. The third kappa shape index (κ3) is 6.74. The van der Waals surface area contributed by atoms with Crippen molar-refractivity contribution in [2.24, 2.45) is 4.99 Å². The van der Waals surface area contributed by atoms with Crippen LogP contribution in [0.2, 0.25) is 0 Å². The molecule has 0 saturated heterocycles. The van der Waals surface area contributed by atoms with E-state index in [9.17, 15) is 10.1 Å². The van der Waals surface area contributed by atoms with Crippen LogP contribution < -0.4 is 10.6 Å². The van der Waals surface area contributed by atoms with Crippen molar-refractivity contribution in [1.82, 2.24) is 25.4 Å². The zero-order chi connectivity index (χ0) is 22.1. The second-order valence-corrected chi connectivity index (χ2v) is 7.58. The van der Waals surface area contributed by atoms with Gasteiger partial charge in [0.25, 0.3) is 5.69 Å². The predicted octanol–water partition coefficient (Wildman–Crippen LogP) is 2.23. The molecule has 1 unspecified atom stereocenters. The predicted molar refractivity (Wildman–Crippen MR) is 118 cm³/mol. The van der Waals surface area contributed by atoms with Gasteiger partial charge in [-0.2, -0.15) is 5.10 Å². The van der Waals surface area contributed by atoms with Crippen LogP contribution in [-0.4, -0.2) is 51.9 Å². The average molecular weight is 430 g/mol. The number of methoxy groups -OCH3 is 1. The molecule has 10 nitrogen and oxygen atoms in total. The Hall–Kier alpha value is -3.01. The summed E-state index contributed by atoms with van der Waals surface area (Å²) in [4.78, 5) is 19.6. The normalized spacial score (nSPS) is 16.1. The van der Waals surface area contributed by atoms with Gasteiger partial charge in [-0.15, -0.1) is 0 Å². The first-order valence-corrected chi connectivity index (χ1v) is 10.8. The molecule has 1 atom stereocenters. The molecule has 2 aromatic rings. The van der Waals surface area contributed by atoms with Crippen molar-refractivity contribution in [2.45, 2.75) is 58.2 Å². The van der Waals surface area contributed by atoms with Crippen LogP contribution >= 0.6 is 0 Å². The molecule has 1 aromatic carbocycles. The number of nitro benzene ring substituents is 1. The summed E-state index contributed by atoms with van der Waals surface area (Å²) in [7, 11) is 1.65. The summed E-state index contributed by atoms with van der Waals surface area (Å²) >= 11 is 0. The average Bonchev–Trinajstić information content (AvgIpc) is 3.16. The molecule has 1 aliphatic rings. The number of non-ortho nitro benzene ring substituents is 1. The lowest BCUT2D eigenvalue weighted by Crippen LogP contribution is -2.47. The molecule has 0 saturated carbocycles. The minimum atomic E-state index is -0.373.